The second-order valence-corrected chi connectivity index (χ2v) is 11.3. The Bertz CT molecular complexity index is 1070. The normalized spacial score (nSPS) is 22.1. The Balaban J connectivity index is 0.000000174. The van der Waals surface area contributed by atoms with E-state index in [4.69, 9.17) is 21.7 Å². The van der Waals surface area contributed by atoms with E-state index in [0.29, 0.717) is 13.1 Å². The number of hydrogen-bond donors (Lipinski definition) is 4. The molecule has 0 spiro atoms. The van der Waals surface area contributed by atoms with Crippen LogP contribution in [-0.4, -0.2) is 80.8 Å². The number of rotatable bonds is 6. The zero-order chi connectivity index (χ0) is 30.8. The van der Waals surface area contributed by atoms with Crippen LogP contribution in [0.15, 0.2) is 24.3 Å². The number of likely N-dealkylation sites (tertiary alicyclic amines) is 2. The van der Waals surface area contributed by atoms with E-state index in [1.807, 2.05) is 0 Å². The molecule has 1 aromatic rings. The van der Waals surface area contributed by atoms with Gasteiger partial charge in [-0.15, -0.1) is 0 Å². The molecule has 5 rings (SSSR count). The van der Waals surface area contributed by atoms with Crippen LogP contribution in [0.25, 0.3) is 0 Å². The lowest BCUT2D eigenvalue weighted by Crippen LogP contribution is -2.45. The topological polar surface area (TPSA) is 201 Å². The Morgan fingerprint density at radius 3 is 1.26 bits per heavy atom. The highest BCUT2D eigenvalue weighted by Gasteiger charge is 2.38. The summed E-state index contributed by atoms with van der Waals surface area (Å²) >= 11 is 0. The number of carbonyl (C=O) groups excluding carboxylic acids is 4. The standard InChI is InChI=1S/2C11H18N2O2.C8H6O4/c2*12-11(15)13-7-3-6-9(13)10(14)8-4-1-2-5-8;9-7(10)5-2-1-3-6(4-5)8(11)12/h2*8-9H,1-7H2,(H2,12,15);1-4H,(H,9,10)(H,11,12)/t2*9-;/m00./s1. The van der Waals surface area contributed by atoms with Crippen molar-refractivity contribution in [1.82, 2.24) is 9.80 Å². The average molecular weight is 587 g/mol. The minimum atomic E-state index is -1.13. The van der Waals surface area contributed by atoms with E-state index in [2.05, 4.69) is 0 Å². The van der Waals surface area contributed by atoms with Crippen molar-refractivity contribution in [2.75, 3.05) is 13.1 Å². The molecule has 0 radical (unpaired) electrons. The highest BCUT2D eigenvalue weighted by atomic mass is 16.4. The van der Waals surface area contributed by atoms with Gasteiger partial charge in [0.25, 0.3) is 0 Å². The number of aromatic carboxylic acids is 2. The highest BCUT2D eigenvalue weighted by Crippen LogP contribution is 2.31. The SMILES string of the molecule is NC(=O)N1CCC[C@H]1C(=O)C1CCCC1.NC(=O)N1CCC[C@H]1C(=O)C1CCCC1.O=C(O)c1cccc(C(=O)O)c1. The number of carboxylic acid groups (broad SMARTS) is 2. The fourth-order valence-electron chi connectivity index (χ4n) is 6.40. The Morgan fingerprint density at radius 2 is 0.952 bits per heavy atom. The van der Waals surface area contributed by atoms with Gasteiger partial charge in [-0.1, -0.05) is 31.7 Å². The number of nitrogens with two attached hydrogens (primary N) is 2. The maximum atomic E-state index is 12.1. The molecule has 2 aliphatic heterocycles. The summed E-state index contributed by atoms with van der Waals surface area (Å²) < 4.78 is 0. The largest absolute Gasteiger partial charge is 0.478 e. The predicted octanol–water partition coefficient (Wildman–Crippen LogP) is 3.66. The number of ketones is 2. The molecule has 6 N–H and O–H groups in total. The maximum absolute atomic E-state index is 12.1. The van der Waals surface area contributed by atoms with E-state index in [1.165, 1.54) is 18.2 Å². The third-order valence-electron chi connectivity index (χ3n) is 8.60. The van der Waals surface area contributed by atoms with Gasteiger partial charge in [-0.05, 0) is 69.6 Å². The number of hydrogen-bond acceptors (Lipinski definition) is 6. The number of primary amides is 2. The second-order valence-electron chi connectivity index (χ2n) is 11.3. The zero-order valence-corrected chi connectivity index (χ0v) is 23.9. The van der Waals surface area contributed by atoms with Crippen LogP contribution in [0.5, 0.6) is 0 Å². The van der Waals surface area contributed by atoms with E-state index in [0.717, 1.165) is 83.1 Å². The Morgan fingerprint density at radius 1 is 0.595 bits per heavy atom. The molecule has 2 atom stereocenters. The molecule has 42 heavy (non-hydrogen) atoms. The van der Waals surface area contributed by atoms with Crippen LogP contribution in [0.1, 0.15) is 97.8 Å². The van der Waals surface area contributed by atoms with Crippen LogP contribution in [0.4, 0.5) is 9.59 Å². The van der Waals surface area contributed by atoms with Crippen LogP contribution in [0.2, 0.25) is 0 Å². The van der Waals surface area contributed by atoms with Gasteiger partial charge in [0.05, 0.1) is 23.2 Å². The van der Waals surface area contributed by atoms with Crippen LogP contribution in [0.3, 0.4) is 0 Å². The van der Waals surface area contributed by atoms with E-state index < -0.39 is 24.0 Å². The summed E-state index contributed by atoms with van der Waals surface area (Å²) in [5.74, 6) is -1.37. The van der Waals surface area contributed by atoms with Gasteiger partial charge in [0.15, 0.2) is 11.6 Å². The lowest BCUT2D eigenvalue weighted by molar-refractivity contribution is -0.127. The lowest BCUT2D eigenvalue weighted by Gasteiger charge is -2.23. The average Bonchev–Trinajstić information content (AvgIpc) is 3.79. The molecule has 12 heteroatoms. The molecule has 0 aromatic heterocycles. The smallest absolute Gasteiger partial charge is 0.335 e. The molecule has 2 saturated carbocycles. The molecule has 2 heterocycles. The van der Waals surface area contributed by atoms with Gasteiger partial charge in [-0.3, -0.25) is 9.59 Å². The first-order chi connectivity index (χ1) is 20.0. The Hall–Kier alpha value is -3.96. The number of urea groups is 2. The third-order valence-corrected chi connectivity index (χ3v) is 8.60. The van der Waals surface area contributed by atoms with Crippen LogP contribution in [0, 0.1) is 11.8 Å². The number of benzene rings is 1. The minimum absolute atomic E-state index is 0.0186. The summed E-state index contributed by atoms with van der Waals surface area (Å²) in [6.07, 6.45) is 12.0. The highest BCUT2D eigenvalue weighted by molar-refractivity contribution is 5.93. The van der Waals surface area contributed by atoms with Gasteiger partial charge in [-0.2, -0.15) is 0 Å². The molecule has 0 bridgehead atoms. The molecule has 12 nitrogen and oxygen atoms in total. The predicted molar refractivity (Wildman–Crippen MR) is 153 cm³/mol. The van der Waals surface area contributed by atoms with E-state index in [-0.39, 0.29) is 46.6 Å². The lowest BCUT2D eigenvalue weighted by atomic mass is 9.95. The molecule has 230 valence electrons. The van der Waals surface area contributed by atoms with Gasteiger partial charge in [0, 0.05) is 24.9 Å². The van der Waals surface area contributed by atoms with Crippen molar-refractivity contribution in [2.24, 2.45) is 23.3 Å². The van der Waals surface area contributed by atoms with Gasteiger partial charge in [0.1, 0.15) is 0 Å². The van der Waals surface area contributed by atoms with Gasteiger partial charge in [0.2, 0.25) is 0 Å². The van der Waals surface area contributed by atoms with Crippen molar-refractivity contribution in [3.05, 3.63) is 35.4 Å². The monoisotopic (exact) mass is 586 g/mol. The summed E-state index contributed by atoms with van der Waals surface area (Å²) in [7, 11) is 0. The van der Waals surface area contributed by atoms with Crippen molar-refractivity contribution in [2.45, 2.75) is 89.1 Å². The number of carboxylic acids is 2. The van der Waals surface area contributed by atoms with Crippen LogP contribution >= 0.6 is 0 Å². The van der Waals surface area contributed by atoms with Gasteiger partial charge >= 0.3 is 24.0 Å². The number of nitrogens with zero attached hydrogens (tertiary/aromatic N) is 2. The molecule has 4 aliphatic rings. The fraction of sp³-hybridized carbons (Fsp3) is 0.600. The zero-order valence-electron chi connectivity index (χ0n) is 23.9. The van der Waals surface area contributed by atoms with Crippen molar-refractivity contribution in [1.29, 1.82) is 0 Å². The maximum Gasteiger partial charge on any atom is 0.335 e. The first-order valence-corrected chi connectivity index (χ1v) is 14.8. The molecule has 2 saturated heterocycles. The number of Topliss-reactive ketones (excluding diaryl/α,β-unsaturated/α-hetero) is 2. The quantitative estimate of drug-likeness (QED) is 0.386. The molecule has 1 aromatic carbocycles. The third kappa shape index (κ3) is 8.53. The minimum Gasteiger partial charge on any atom is -0.478 e. The van der Waals surface area contributed by atoms with Gasteiger partial charge < -0.3 is 31.5 Å². The summed E-state index contributed by atoms with van der Waals surface area (Å²) in [6, 6.07) is 3.88. The first-order valence-electron chi connectivity index (χ1n) is 14.8. The molecule has 4 amide bonds. The van der Waals surface area contributed by atoms with E-state index in [1.54, 1.807) is 9.80 Å². The summed E-state index contributed by atoms with van der Waals surface area (Å²) in [4.78, 5) is 70.3. The first kappa shape index (κ1) is 32.6. The number of carbonyl (C=O) groups is 6. The Labute approximate surface area is 245 Å². The van der Waals surface area contributed by atoms with Crippen molar-refractivity contribution >= 4 is 35.6 Å². The van der Waals surface area contributed by atoms with E-state index in [9.17, 15) is 28.8 Å². The molecular weight excluding hydrogens is 544 g/mol. The molecular formula is C30H42N4O8. The summed E-state index contributed by atoms with van der Waals surface area (Å²) in [6.45, 7) is 1.30. The Kier molecular flexibility index (Phi) is 11.9. The molecule has 2 aliphatic carbocycles. The van der Waals surface area contributed by atoms with Crippen LogP contribution in [-0.2, 0) is 9.59 Å². The van der Waals surface area contributed by atoms with Gasteiger partial charge in [-0.25, -0.2) is 19.2 Å². The summed E-state index contributed by atoms with van der Waals surface area (Å²) in [5.41, 5.74) is 10.5. The van der Waals surface area contributed by atoms with Crippen molar-refractivity contribution in [3.63, 3.8) is 0 Å². The number of amides is 4. The van der Waals surface area contributed by atoms with E-state index >= 15 is 0 Å². The van der Waals surface area contributed by atoms with Crippen molar-refractivity contribution in [3.8, 4) is 0 Å². The fourth-order valence-corrected chi connectivity index (χ4v) is 6.40. The van der Waals surface area contributed by atoms with Crippen LogP contribution < -0.4 is 11.5 Å². The van der Waals surface area contributed by atoms with Crippen molar-refractivity contribution < 1.29 is 39.0 Å². The molecule has 0 unspecified atom stereocenters. The summed E-state index contributed by atoms with van der Waals surface area (Å²) in [5, 5.41) is 17.0. The molecule has 4 fully saturated rings. The second kappa shape index (κ2) is 15.3.